The second-order valence-corrected chi connectivity index (χ2v) is 12.3. The molecule has 0 heterocycles. The molecule has 8 nitrogen and oxygen atoms in total. The van der Waals surface area contributed by atoms with Crippen LogP contribution in [0.3, 0.4) is 0 Å². The number of halogens is 2. The van der Waals surface area contributed by atoms with Crippen molar-refractivity contribution < 1.29 is 22.4 Å². The molecule has 0 aliphatic heterocycles. The number of rotatable bonds is 14. The first-order valence-corrected chi connectivity index (χ1v) is 15.1. The smallest absolute Gasteiger partial charge is 0.304 e. The number of hydrogen-bond donors (Lipinski definition) is 1. The number of nitrogens with one attached hydrogen (secondary N) is 1. The molecule has 220 valence electrons. The van der Waals surface area contributed by atoms with E-state index in [2.05, 4.69) is 5.32 Å². The summed E-state index contributed by atoms with van der Waals surface area (Å²) in [5, 5.41) is 3.46. The van der Waals surface area contributed by atoms with Crippen molar-refractivity contribution in [2.45, 2.75) is 38.8 Å². The largest absolute Gasteiger partial charge is 0.354 e. The minimum absolute atomic E-state index is 0.0357. The van der Waals surface area contributed by atoms with Crippen molar-refractivity contribution in [2.24, 2.45) is 0 Å². The molecule has 1 atom stereocenters. The first-order chi connectivity index (χ1) is 19.5. The maximum Gasteiger partial charge on any atom is 0.304 e. The maximum atomic E-state index is 14.1. The molecule has 2 amide bonds. The summed E-state index contributed by atoms with van der Waals surface area (Å²) in [6.07, 6.45) is 1.87. The molecule has 0 bridgehead atoms. The van der Waals surface area contributed by atoms with Gasteiger partial charge in [0.1, 0.15) is 18.4 Å². The van der Waals surface area contributed by atoms with Gasteiger partial charge in [-0.25, -0.2) is 8.70 Å². The topological polar surface area (TPSA) is 90.0 Å². The van der Waals surface area contributed by atoms with Gasteiger partial charge in [-0.3, -0.25) is 9.59 Å². The summed E-state index contributed by atoms with van der Waals surface area (Å²) in [5.74, 6) is -1.48. The fourth-order valence-corrected chi connectivity index (χ4v) is 5.35. The minimum Gasteiger partial charge on any atom is -0.354 e. The van der Waals surface area contributed by atoms with E-state index in [9.17, 15) is 22.4 Å². The second-order valence-electron chi connectivity index (χ2n) is 9.77. The van der Waals surface area contributed by atoms with Crippen LogP contribution in [0.5, 0.6) is 0 Å². The van der Waals surface area contributed by atoms with Gasteiger partial charge in [-0.2, -0.15) is 12.7 Å². The summed E-state index contributed by atoms with van der Waals surface area (Å²) in [5.41, 5.74) is 1.67. The van der Waals surface area contributed by atoms with Crippen molar-refractivity contribution in [1.82, 2.24) is 14.5 Å². The highest BCUT2D eigenvalue weighted by molar-refractivity contribution is 7.90. The molecule has 0 fully saturated rings. The summed E-state index contributed by atoms with van der Waals surface area (Å²) in [6, 6.07) is 20.1. The zero-order chi connectivity index (χ0) is 30.0. The molecule has 0 radical (unpaired) electrons. The SMILES string of the molecule is CCCCNC(=O)[C@H](Cc1ccccc1)N(Cc1ccc(Cl)cc1)C(=O)CN(c1ccc(F)cc1)S(=O)(=O)N(C)C. The van der Waals surface area contributed by atoms with Crippen LogP contribution in [0.1, 0.15) is 30.9 Å². The lowest BCUT2D eigenvalue weighted by molar-refractivity contribution is -0.140. The average Bonchev–Trinajstić information content (AvgIpc) is 2.95. The average molecular weight is 603 g/mol. The Kier molecular flexibility index (Phi) is 11.7. The lowest BCUT2D eigenvalue weighted by Gasteiger charge is -2.34. The van der Waals surface area contributed by atoms with Gasteiger partial charge in [-0.05, 0) is 53.9 Å². The second kappa shape index (κ2) is 15.0. The summed E-state index contributed by atoms with van der Waals surface area (Å²) < 4.78 is 42.2. The van der Waals surface area contributed by atoms with Crippen LogP contribution in [0, 0.1) is 5.82 Å². The van der Waals surface area contributed by atoms with Gasteiger partial charge in [0.05, 0.1) is 5.69 Å². The predicted octanol–water partition coefficient (Wildman–Crippen LogP) is 4.65. The highest BCUT2D eigenvalue weighted by atomic mass is 35.5. The van der Waals surface area contributed by atoms with Crippen LogP contribution in [0.25, 0.3) is 0 Å². The van der Waals surface area contributed by atoms with E-state index in [1.54, 1.807) is 24.3 Å². The van der Waals surface area contributed by atoms with E-state index in [-0.39, 0.29) is 24.6 Å². The van der Waals surface area contributed by atoms with Crippen LogP contribution in [0.4, 0.5) is 10.1 Å². The highest BCUT2D eigenvalue weighted by Crippen LogP contribution is 2.22. The number of benzene rings is 3. The third-order valence-electron chi connectivity index (χ3n) is 6.50. The van der Waals surface area contributed by atoms with Crippen molar-refractivity contribution in [3.05, 3.63) is 101 Å². The van der Waals surface area contributed by atoms with Crippen LogP contribution in [-0.2, 0) is 32.8 Å². The Labute approximate surface area is 246 Å². The number of amides is 2. The number of carbonyl (C=O) groups excluding carboxylic acids is 2. The van der Waals surface area contributed by atoms with Gasteiger partial charge < -0.3 is 10.2 Å². The van der Waals surface area contributed by atoms with Gasteiger partial charge in [0.25, 0.3) is 0 Å². The van der Waals surface area contributed by atoms with E-state index in [1.165, 1.54) is 31.1 Å². The summed E-state index contributed by atoms with van der Waals surface area (Å²) >= 11 is 6.08. The van der Waals surface area contributed by atoms with E-state index < -0.39 is 34.5 Å². The molecule has 3 rings (SSSR count). The Balaban J connectivity index is 2.06. The molecule has 0 aliphatic rings. The highest BCUT2D eigenvalue weighted by Gasteiger charge is 2.34. The van der Waals surface area contributed by atoms with Crippen molar-refractivity contribution in [3.63, 3.8) is 0 Å². The zero-order valence-electron chi connectivity index (χ0n) is 23.5. The van der Waals surface area contributed by atoms with Crippen LogP contribution < -0.4 is 9.62 Å². The Hall–Kier alpha value is -3.47. The van der Waals surface area contributed by atoms with E-state index in [4.69, 9.17) is 11.6 Å². The molecule has 3 aromatic carbocycles. The van der Waals surface area contributed by atoms with Gasteiger partial charge >= 0.3 is 10.2 Å². The molecule has 11 heteroatoms. The number of anilines is 1. The summed E-state index contributed by atoms with van der Waals surface area (Å²) in [4.78, 5) is 29.1. The normalized spacial score (nSPS) is 12.1. The monoisotopic (exact) mass is 602 g/mol. The lowest BCUT2D eigenvalue weighted by atomic mass is 10.0. The van der Waals surface area contributed by atoms with Crippen molar-refractivity contribution in [1.29, 1.82) is 0 Å². The van der Waals surface area contributed by atoms with Gasteiger partial charge in [0.2, 0.25) is 11.8 Å². The fraction of sp³-hybridized carbons (Fsp3) is 0.333. The Morgan fingerprint density at radius 1 is 0.927 bits per heavy atom. The third kappa shape index (κ3) is 9.01. The molecule has 41 heavy (non-hydrogen) atoms. The first kappa shape index (κ1) is 32.0. The number of hydrogen-bond acceptors (Lipinski definition) is 4. The summed E-state index contributed by atoms with van der Waals surface area (Å²) in [6.45, 7) is 1.89. The molecule has 0 aromatic heterocycles. The molecule has 1 N–H and O–H groups in total. The van der Waals surface area contributed by atoms with Gasteiger partial charge in [-0.15, -0.1) is 0 Å². The number of unbranched alkanes of at least 4 members (excludes halogenated alkanes) is 1. The molecule has 0 aliphatic carbocycles. The Morgan fingerprint density at radius 3 is 2.15 bits per heavy atom. The van der Waals surface area contributed by atoms with Gasteiger partial charge in [-0.1, -0.05) is 67.4 Å². The van der Waals surface area contributed by atoms with E-state index in [0.717, 1.165) is 39.1 Å². The first-order valence-electron chi connectivity index (χ1n) is 13.3. The van der Waals surface area contributed by atoms with E-state index in [0.29, 0.717) is 17.1 Å². The van der Waals surface area contributed by atoms with Gasteiger partial charge in [0.15, 0.2) is 0 Å². The molecule has 0 saturated heterocycles. The van der Waals surface area contributed by atoms with E-state index >= 15 is 0 Å². The van der Waals surface area contributed by atoms with Crippen LogP contribution in [0.2, 0.25) is 5.02 Å². The standard InChI is InChI=1S/C30H36ClFN4O4S/c1-4-5-19-33-30(38)28(20-23-9-7-6-8-10-23)35(21-24-11-13-25(31)14-12-24)29(37)22-36(41(39,40)34(2)3)27-17-15-26(32)16-18-27/h6-18,28H,4-5,19-22H2,1-3H3,(H,33,38)/t28-/m0/s1. The van der Waals surface area contributed by atoms with Gasteiger partial charge in [0, 0.05) is 38.6 Å². The fourth-order valence-electron chi connectivity index (χ4n) is 4.17. The van der Waals surface area contributed by atoms with E-state index in [1.807, 2.05) is 37.3 Å². The maximum absolute atomic E-state index is 14.1. The molecule has 0 spiro atoms. The third-order valence-corrected chi connectivity index (χ3v) is 8.57. The Bertz CT molecular complexity index is 1390. The molecular formula is C30H36ClFN4O4S. The Morgan fingerprint density at radius 2 is 1.56 bits per heavy atom. The molecule has 0 unspecified atom stereocenters. The predicted molar refractivity (Wildman–Crippen MR) is 160 cm³/mol. The van der Waals surface area contributed by atoms with Crippen molar-refractivity contribution >= 4 is 39.3 Å². The zero-order valence-corrected chi connectivity index (χ0v) is 25.0. The number of nitrogens with zero attached hydrogens (tertiary/aromatic N) is 3. The van der Waals surface area contributed by atoms with Crippen LogP contribution >= 0.6 is 11.6 Å². The molecule has 0 saturated carbocycles. The quantitative estimate of drug-likeness (QED) is 0.272. The molecular weight excluding hydrogens is 567 g/mol. The van der Waals surface area contributed by atoms with Crippen molar-refractivity contribution in [3.8, 4) is 0 Å². The van der Waals surface area contributed by atoms with Crippen molar-refractivity contribution in [2.75, 3.05) is 31.5 Å². The number of carbonyl (C=O) groups is 2. The minimum atomic E-state index is -4.16. The summed E-state index contributed by atoms with van der Waals surface area (Å²) in [7, 11) is -1.46. The lowest BCUT2D eigenvalue weighted by Crippen LogP contribution is -2.54. The molecule has 3 aromatic rings. The van der Waals surface area contributed by atoms with Crippen LogP contribution in [0.15, 0.2) is 78.9 Å². The van der Waals surface area contributed by atoms with Crippen LogP contribution in [-0.4, -0.2) is 62.7 Å².